The Morgan fingerprint density at radius 3 is 3.04 bits per heavy atom. The molecule has 8 heteroatoms. The first kappa shape index (κ1) is 15.5. The van der Waals surface area contributed by atoms with Crippen molar-refractivity contribution in [2.24, 2.45) is 0 Å². The summed E-state index contributed by atoms with van der Waals surface area (Å²) in [6.45, 7) is 3.12. The molecule has 1 aliphatic heterocycles. The van der Waals surface area contributed by atoms with Crippen LogP contribution in [0.2, 0.25) is 0 Å². The first-order chi connectivity index (χ1) is 11.2. The number of hydrogen-bond donors (Lipinski definition) is 1. The second kappa shape index (κ2) is 6.82. The number of nitrogens with zero attached hydrogens (tertiary/aromatic N) is 5. The summed E-state index contributed by atoms with van der Waals surface area (Å²) in [6, 6.07) is 0. The maximum atomic E-state index is 12.7. The predicted octanol–water partition coefficient (Wildman–Crippen LogP) is 0.802. The van der Waals surface area contributed by atoms with Gasteiger partial charge in [0.05, 0.1) is 17.4 Å². The van der Waals surface area contributed by atoms with E-state index < -0.39 is 0 Å². The minimum absolute atomic E-state index is 0.0886. The maximum Gasteiger partial charge on any atom is 0.257 e. The molecular weight excluding hydrogens is 296 g/mol. The molecule has 0 radical (unpaired) electrons. The van der Waals surface area contributed by atoms with Crippen LogP contribution < -0.4 is 0 Å². The van der Waals surface area contributed by atoms with Crippen molar-refractivity contribution in [1.82, 2.24) is 30.0 Å². The number of carbonyl (C=O) groups excluding carboxylic acids is 1. The fourth-order valence-electron chi connectivity index (χ4n) is 2.91. The van der Waals surface area contributed by atoms with Gasteiger partial charge in [0.2, 0.25) is 0 Å². The Morgan fingerprint density at radius 2 is 2.30 bits per heavy atom. The lowest BCUT2D eigenvalue weighted by Gasteiger charge is -2.24. The Balaban J connectivity index is 1.71. The molecule has 2 atom stereocenters. The Bertz CT molecular complexity index is 660. The van der Waals surface area contributed by atoms with Gasteiger partial charge in [-0.2, -0.15) is 5.10 Å². The van der Waals surface area contributed by atoms with Crippen molar-refractivity contribution in [3.8, 4) is 0 Å². The number of aryl methyl sites for hydroxylation is 1. The average molecular weight is 316 g/mol. The van der Waals surface area contributed by atoms with E-state index in [4.69, 9.17) is 4.74 Å². The second-order valence-corrected chi connectivity index (χ2v) is 5.60. The summed E-state index contributed by atoms with van der Waals surface area (Å²) in [5, 5.41) is 6.79. The first-order valence-electron chi connectivity index (χ1n) is 7.72. The molecular formula is C15H20N6O2. The number of H-pyrrole nitrogens is 1. The van der Waals surface area contributed by atoms with Gasteiger partial charge in [-0.1, -0.05) is 6.92 Å². The van der Waals surface area contributed by atoms with E-state index in [1.165, 1.54) is 12.7 Å². The fraction of sp³-hybridized carbons (Fsp3) is 0.533. The van der Waals surface area contributed by atoms with E-state index in [9.17, 15) is 4.79 Å². The van der Waals surface area contributed by atoms with Gasteiger partial charge in [-0.3, -0.25) is 9.89 Å². The van der Waals surface area contributed by atoms with Gasteiger partial charge in [-0.05, 0) is 12.8 Å². The molecule has 1 amide bonds. The predicted molar refractivity (Wildman–Crippen MR) is 81.9 cm³/mol. The molecule has 23 heavy (non-hydrogen) atoms. The molecule has 0 aromatic carbocycles. The van der Waals surface area contributed by atoms with E-state index >= 15 is 0 Å². The van der Waals surface area contributed by atoms with Crippen LogP contribution in [0.3, 0.4) is 0 Å². The summed E-state index contributed by atoms with van der Waals surface area (Å²) in [4.78, 5) is 26.7. The van der Waals surface area contributed by atoms with Crippen molar-refractivity contribution < 1.29 is 9.53 Å². The third-order valence-corrected chi connectivity index (χ3v) is 4.16. The number of rotatable bonds is 5. The lowest BCUT2D eigenvalue weighted by Crippen LogP contribution is -2.37. The number of hydrogen-bond acceptors (Lipinski definition) is 6. The largest absolute Gasteiger partial charge is 0.376 e. The van der Waals surface area contributed by atoms with Crippen molar-refractivity contribution in [1.29, 1.82) is 0 Å². The highest BCUT2D eigenvalue weighted by Crippen LogP contribution is 2.29. The van der Waals surface area contributed by atoms with Crippen LogP contribution in [0.4, 0.5) is 0 Å². The van der Waals surface area contributed by atoms with Crippen LogP contribution >= 0.6 is 0 Å². The number of ether oxygens (including phenoxy) is 1. The summed E-state index contributed by atoms with van der Waals surface area (Å²) in [5.41, 5.74) is 1.31. The van der Waals surface area contributed by atoms with Crippen molar-refractivity contribution in [2.45, 2.75) is 31.8 Å². The van der Waals surface area contributed by atoms with Gasteiger partial charge in [-0.15, -0.1) is 0 Å². The first-order valence-corrected chi connectivity index (χ1v) is 7.72. The van der Waals surface area contributed by atoms with Crippen LogP contribution in [-0.4, -0.2) is 62.3 Å². The molecule has 122 valence electrons. The molecule has 3 heterocycles. The van der Waals surface area contributed by atoms with Gasteiger partial charge < -0.3 is 9.64 Å². The number of carbonyl (C=O) groups is 1. The minimum atomic E-state index is -0.0911. The Hall–Kier alpha value is -2.35. The molecule has 0 aliphatic carbocycles. The molecule has 3 rings (SSSR count). The number of aromatic amines is 1. The van der Waals surface area contributed by atoms with Gasteiger partial charge in [0.15, 0.2) is 0 Å². The highest BCUT2D eigenvalue weighted by atomic mass is 16.5. The molecule has 1 N–H and O–H groups in total. The van der Waals surface area contributed by atoms with Crippen LogP contribution in [0.1, 0.15) is 41.1 Å². The summed E-state index contributed by atoms with van der Waals surface area (Å²) < 4.78 is 5.79. The summed E-state index contributed by atoms with van der Waals surface area (Å²) >= 11 is 0. The lowest BCUT2D eigenvalue weighted by molar-refractivity contribution is 0.0548. The fourth-order valence-corrected chi connectivity index (χ4v) is 2.91. The summed E-state index contributed by atoms with van der Waals surface area (Å²) in [5.74, 6) is 0.852. The Morgan fingerprint density at radius 1 is 1.43 bits per heavy atom. The molecule has 0 unspecified atom stereocenters. The second-order valence-electron chi connectivity index (χ2n) is 5.60. The number of amides is 1. The molecule has 0 spiro atoms. The molecule has 1 fully saturated rings. The normalized spacial score (nSPS) is 20.6. The summed E-state index contributed by atoms with van der Waals surface area (Å²) in [6.07, 6.45) is 6.01. The zero-order valence-corrected chi connectivity index (χ0v) is 13.3. The standard InChI is InChI=1S/C15H20N6O2/c1-3-12-11(6-16-8-17-12)15(22)21(2)7-13-10(4-5-23-13)14-18-9-19-20-14/h6,8-10,13H,3-5,7H2,1-2H3,(H,18,19,20)/t10-,13-/m1/s1. The quantitative estimate of drug-likeness (QED) is 0.876. The van der Waals surface area contributed by atoms with Crippen LogP contribution in [-0.2, 0) is 11.2 Å². The minimum Gasteiger partial charge on any atom is -0.376 e. The topological polar surface area (TPSA) is 96.9 Å². The van der Waals surface area contributed by atoms with Crippen LogP contribution in [0.25, 0.3) is 0 Å². The smallest absolute Gasteiger partial charge is 0.257 e. The van der Waals surface area contributed by atoms with E-state index in [0.717, 1.165) is 17.9 Å². The zero-order chi connectivity index (χ0) is 16.2. The van der Waals surface area contributed by atoms with Crippen LogP contribution in [0.15, 0.2) is 18.9 Å². The van der Waals surface area contributed by atoms with E-state index in [1.54, 1.807) is 18.1 Å². The monoisotopic (exact) mass is 316 g/mol. The van der Waals surface area contributed by atoms with Crippen molar-refractivity contribution in [3.63, 3.8) is 0 Å². The van der Waals surface area contributed by atoms with E-state index in [0.29, 0.717) is 25.1 Å². The molecule has 0 bridgehead atoms. The molecule has 8 nitrogen and oxygen atoms in total. The number of nitrogens with one attached hydrogen (secondary N) is 1. The van der Waals surface area contributed by atoms with Gasteiger partial charge in [-0.25, -0.2) is 15.0 Å². The number of likely N-dealkylation sites (N-methyl/N-ethyl adjacent to an activating group) is 1. The van der Waals surface area contributed by atoms with Gasteiger partial charge >= 0.3 is 0 Å². The van der Waals surface area contributed by atoms with Gasteiger partial charge in [0, 0.05) is 32.3 Å². The SMILES string of the molecule is CCc1ncncc1C(=O)N(C)C[C@H]1OCC[C@H]1c1ncn[nH]1. The van der Waals surface area contributed by atoms with Gasteiger partial charge in [0.1, 0.15) is 18.5 Å². The van der Waals surface area contributed by atoms with Crippen molar-refractivity contribution in [2.75, 3.05) is 20.2 Å². The molecule has 2 aromatic rings. The highest BCUT2D eigenvalue weighted by molar-refractivity contribution is 5.94. The van der Waals surface area contributed by atoms with E-state index in [2.05, 4.69) is 25.1 Å². The van der Waals surface area contributed by atoms with E-state index in [-0.39, 0.29) is 17.9 Å². The summed E-state index contributed by atoms with van der Waals surface area (Å²) in [7, 11) is 1.77. The van der Waals surface area contributed by atoms with Gasteiger partial charge in [0.25, 0.3) is 5.91 Å². The maximum absolute atomic E-state index is 12.7. The average Bonchev–Trinajstić information content (AvgIpc) is 3.25. The van der Waals surface area contributed by atoms with Crippen LogP contribution in [0, 0.1) is 0 Å². The number of aromatic nitrogens is 5. The van der Waals surface area contributed by atoms with Crippen LogP contribution in [0.5, 0.6) is 0 Å². The third-order valence-electron chi connectivity index (χ3n) is 4.16. The Labute approximate surface area is 134 Å². The molecule has 1 saturated heterocycles. The van der Waals surface area contributed by atoms with Crippen molar-refractivity contribution >= 4 is 5.91 Å². The highest BCUT2D eigenvalue weighted by Gasteiger charge is 2.33. The van der Waals surface area contributed by atoms with Crippen molar-refractivity contribution in [3.05, 3.63) is 35.9 Å². The van der Waals surface area contributed by atoms with E-state index in [1.807, 2.05) is 6.92 Å². The Kier molecular flexibility index (Phi) is 4.61. The zero-order valence-electron chi connectivity index (χ0n) is 13.3. The molecule has 1 aliphatic rings. The third kappa shape index (κ3) is 3.21. The lowest BCUT2D eigenvalue weighted by atomic mass is 10.00. The molecule has 2 aromatic heterocycles. The molecule has 0 saturated carbocycles.